The molecule has 0 aliphatic heterocycles. The van der Waals surface area contributed by atoms with E-state index in [1.165, 1.54) is 24.5 Å². The Labute approximate surface area is 122 Å². The van der Waals surface area contributed by atoms with Crippen LogP contribution in [0, 0.1) is 0 Å². The molecule has 0 atom stereocenters. The lowest BCUT2D eigenvalue weighted by Gasteiger charge is -2.06. The fourth-order valence-corrected chi connectivity index (χ4v) is 2.08. The van der Waals surface area contributed by atoms with Gasteiger partial charge in [-0.15, -0.1) is 0 Å². The molecule has 0 aliphatic rings. The maximum Gasteiger partial charge on any atom is 0.408 e. The zero-order chi connectivity index (χ0) is 15.6. The molecule has 0 saturated heterocycles. The first-order chi connectivity index (χ1) is 9.74. The fraction of sp³-hybridized carbons (Fsp3) is 0.231. The van der Waals surface area contributed by atoms with Crippen LogP contribution in [0.2, 0.25) is 5.02 Å². The van der Waals surface area contributed by atoms with Crippen molar-refractivity contribution in [2.45, 2.75) is 19.1 Å². The third kappa shape index (κ3) is 4.22. The molecule has 0 spiro atoms. The Balaban J connectivity index is 2.31. The quantitative estimate of drug-likeness (QED) is 0.940. The van der Waals surface area contributed by atoms with E-state index in [9.17, 15) is 18.0 Å². The van der Waals surface area contributed by atoms with Gasteiger partial charge in [0.2, 0.25) is 0 Å². The SMILES string of the molecule is O=C(O)Cc1ccc(Cl)c(-c2cnn(CC(F)(F)F)c2)c1. The van der Waals surface area contributed by atoms with Crippen molar-refractivity contribution in [3.63, 3.8) is 0 Å². The number of aliphatic carboxylic acids is 1. The summed E-state index contributed by atoms with van der Waals surface area (Å²) in [6.45, 7) is -1.20. The van der Waals surface area contributed by atoms with Gasteiger partial charge < -0.3 is 5.11 Å². The highest BCUT2D eigenvalue weighted by molar-refractivity contribution is 6.33. The number of carboxylic acid groups (broad SMARTS) is 1. The molecule has 1 heterocycles. The van der Waals surface area contributed by atoms with Crippen molar-refractivity contribution in [1.29, 1.82) is 0 Å². The van der Waals surface area contributed by atoms with Gasteiger partial charge in [0.25, 0.3) is 0 Å². The minimum absolute atomic E-state index is 0.194. The van der Waals surface area contributed by atoms with Crippen LogP contribution in [0.1, 0.15) is 5.56 Å². The number of carbonyl (C=O) groups is 1. The molecule has 0 unspecified atom stereocenters. The smallest absolute Gasteiger partial charge is 0.408 e. The molecule has 8 heteroatoms. The summed E-state index contributed by atoms with van der Waals surface area (Å²) < 4.78 is 37.6. The molecule has 2 aromatic rings. The van der Waals surface area contributed by atoms with E-state index < -0.39 is 18.7 Å². The van der Waals surface area contributed by atoms with Gasteiger partial charge in [0.05, 0.1) is 12.6 Å². The summed E-state index contributed by atoms with van der Waals surface area (Å²) in [7, 11) is 0. The van der Waals surface area contributed by atoms with Gasteiger partial charge in [-0.05, 0) is 17.7 Å². The Hall–Kier alpha value is -2.02. The van der Waals surface area contributed by atoms with Crippen molar-refractivity contribution in [1.82, 2.24) is 9.78 Å². The van der Waals surface area contributed by atoms with E-state index in [0.717, 1.165) is 4.68 Å². The lowest BCUT2D eigenvalue weighted by Crippen LogP contribution is -2.17. The standard InChI is InChI=1S/C13H10ClF3N2O2/c14-11-2-1-8(4-12(20)21)3-10(11)9-5-18-19(6-9)7-13(15,16)17/h1-3,5-6H,4,7H2,(H,20,21). The number of aromatic nitrogens is 2. The normalized spacial score (nSPS) is 11.6. The summed E-state index contributed by atoms with van der Waals surface area (Å²) in [5.74, 6) is -1.00. The summed E-state index contributed by atoms with van der Waals surface area (Å²) in [4.78, 5) is 10.7. The average Bonchev–Trinajstić information content (AvgIpc) is 2.77. The van der Waals surface area contributed by atoms with Crippen LogP contribution in [0.15, 0.2) is 30.6 Å². The van der Waals surface area contributed by atoms with E-state index >= 15 is 0 Å². The number of benzene rings is 1. The van der Waals surface area contributed by atoms with E-state index in [-0.39, 0.29) is 6.42 Å². The van der Waals surface area contributed by atoms with Crippen LogP contribution in [0.3, 0.4) is 0 Å². The zero-order valence-electron chi connectivity index (χ0n) is 10.6. The summed E-state index contributed by atoms with van der Waals surface area (Å²) in [6.07, 6.45) is -2.07. The van der Waals surface area contributed by atoms with Crippen molar-refractivity contribution >= 4 is 17.6 Å². The molecule has 0 bridgehead atoms. The summed E-state index contributed by atoms with van der Waals surface area (Å²) >= 11 is 6.00. The van der Waals surface area contributed by atoms with Crippen LogP contribution in [0.25, 0.3) is 11.1 Å². The van der Waals surface area contributed by atoms with Gasteiger partial charge in [-0.2, -0.15) is 18.3 Å². The van der Waals surface area contributed by atoms with Crippen LogP contribution in [-0.2, 0) is 17.8 Å². The van der Waals surface area contributed by atoms with Crippen LogP contribution in [-0.4, -0.2) is 27.0 Å². The third-order valence-electron chi connectivity index (χ3n) is 2.67. The van der Waals surface area contributed by atoms with Gasteiger partial charge in [-0.3, -0.25) is 9.48 Å². The second-order valence-corrected chi connectivity index (χ2v) is 4.83. The van der Waals surface area contributed by atoms with Crippen LogP contribution in [0.4, 0.5) is 13.2 Å². The Kier molecular flexibility index (Phi) is 4.22. The lowest BCUT2D eigenvalue weighted by molar-refractivity contribution is -0.142. The molecule has 1 N–H and O–H groups in total. The average molecular weight is 319 g/mol. The zero-order valence-corrected chi connectivity index (χ0v) is 11.3. The minimum atomic E-state index is -4.36. The van der Waals surface area contributed by atoms with E-state index in [1.807, 2.05) is 0 Å². The molecule has 112 valence electrons. The molecule has 2 rings (SSSR count). The second kappa shape index (κ2) is 5.77. The first-order valence-corrected chi connectivity index (χ1v) is 6.22. The third-order valence-corrected chi connectivity index (χ3v) is 3.00. The second-order valence-electron chi connectivity index (χ2n) is 4.43. The molecule has 4 nitrogen and oxygen atoms in total. The number of rotatable bonds is 4. The van der Waals surface area contributed by atoms with E-state index in [1.54, 1.807) is 6.07 Å². The molecule has 1 aromatic carbocycles. The predicted octanol–water partition coefficient (Wildman–Crippen LogP) is 3.39. The Morgan fingerprint density at radius 1 is 1.38 bits per heavy atom. The van der Waals surface area contributed by atoms with Crippen molar-refractivity contribution < 1.29 is 23.1 Å². The molecule has 0 fully saturated rings. The van der Waals surface area contributed by atoms with E-state index in [4.69, 9.17) is 16.7 Å². The van der Waals surface area contributed by atoms with Gasteiger partial charge in [-0.1, -0.05) is 17.7 Å². The van der Waals surface area contributed by atoms with E-state index in [0.29, 0.717) is 21.7 Å². The molecule has 0 amide bonds. The summed E-state index contributed by atoms with van der Waals surface area (Å²) in [5.41, 5.74) is 1.35. The van der Waals surface area contributed by atoms with Crippen molar-refractivity contribution in [2.24, 2.45) is 0 Å². The first-order valence-electron chi connectivity index (χ1n) is 5.84. The number of halogens is 4. The van der Waals surface area contributed by atoms with Gasteiger partial charge in [0.1, 0.15) is 6.54 Å². The lowest BCUT2D eigenvalue weighted by atomic mass is 10.0. The molecule has 1 aromatic heterocycles. The first kappa shape index (κ1) is 15.4. The number of carboxylic acids is 1. The largest absolute Gasteiger partial charge is 0.481 e. The number of hydrogen-bond acceptors (Lipinski definition) is 2. The van der Waals surface area contributed by atoms with Crippen LogP contribution in [0.5, 0.6) is 0 Å². The highest BCUT2D eigenvalue weighted by atomic mass is 35.5. The Bertz CT molecular complexity index is 668. The molecular formula is C13H10ClF3N2O2. The number of hydrogen-bond donors (Lipinski definition) is 1. The monoisotopic (exact) mass is 318 g/mol. The Morgan fingerprint density at radius 3 is 2.71 bits per heavy atom. The number of alkyl halides is 3. The molecule has 21 heavy (non-hydrogen) atoms. The summed E-state index contributed by atoms with van der Waals surface area (Å²) in [6, 6.07) is 4.60. The minimum Gasteiger partial charge on any atom is -0.481 e. The summed E-state index contributed by atoms with van der Waals surface area (Å²) in [5, 5.41) is 12.7. The Morgan fingerprint density at radius 2 is 2.10 bits per heavy atom. The van der Waals surface area contributed by atoms with Crippen molar-refractivity contribution in [3.8, 4) is 11.1 Å². The highest BCUT2D eigenvalue weighted by Gasteiger charge is 2.28. The van der Waals surface area contributed by atoms with Gasteiger partial charge in [0.15, 0.2) is 0 Å². The highest BCUT2D eigenvalue weighted by Crippen LogP contribution is 2.29. The fourth-order valence-electron chi connectivity index (χ4n) is 1.85. The van der Waals surface area contributed by atoms with Crippen LogP contribution >= 0.6 is 11.6 Å². The van der Waals surface area contributed by atoms with E-state index in [2.05, 4.69) is 5.10 Å². The van der Waals surface area contributed by atoms with Gasteiger partial charge in [-0.25, -0.2) is 0 Å². The molecule has 0 saturated carbocycles. The maximum atomic E-state index is 12.3. The van der Waals surface area contributed by atoms with Gasteiger partial charge >= 0.3 is 12.1 Å². The topological polar surface area (TPSA) is 55.1 Å². The molecular weight excluding hydrogens is 309 g/mol. The molecule has 0 radical (unpaired) electrons. The van der Waals surface area contributed by atoms with Crippen molar-refractivity contribution in [2.75, 3.05) is 0 Å². The van der Waals surface area contributed by atoms with Crippen LogP contribution < -0.4 is 0 Å². The number of nitrogens with zero attached hydrogens (tertiary/aromatic N) is 2. The predicted molar refractivity (Wildman–Crippen MR) is 70.1 cm³/mol. The molecule has 0 aliphatic carbocycles. The maximum absolute atomic E-state index is 12.3. The van der Waals surface area contributed by atoms with Gasteiger partial charge in [0, 0.05) is 22.3 Å². The van der Waals surface area contributed by atoms with Crippen molar-refractivity contribution in [3.05, 3.63) is 41.2 Å².